The summed E-state index contributed by atoms with van der Waals surface area (Å²) >= 11 is 5.45. The molecule has 0 saturated carbocycles. The molecule has 4 aromatic heterocycles. The molecular weight excluding hydrogens is 655 g/mol. The number of nitrogens with zero attached hydrogens (tertiary/aromatic N) is 3. The predicted octanol–water partition coefficient (Wildman–Crippen LogP) is 13.1. The first-order valence-electron chi connectivity index (χ1n) is 16.2. The second kappa shape index (κ2) is 10.5. The van der Waals surface area contributed by atoms with E-state index in [9.17, 15) is 0 Å². The van der Waals surface area contributed by atoms with E-state index in [0.29, 0.717) is 17.5 Å². The largest absolute Gasteiger partial charge is 0.208 e. The monoisotopic (exact) mass is 677 g/mol. The molecule has 3 nitrogen and oxygen atoms in total. The molecule has 0 saturated heterocycles. The van der Waals surface area contributed by atoms with E-state index in [2.05, 4.69) is 140 Å². The number of aromatic nitrogens is 3. The van der Waals surface area contributed by atoms with Gasteiger partial charge >= 0.3 is 0 Å². The maximum atomic E-state index is 5.16. The Morgan fingerprint density at radius 2 is 0.735 bits per heavy atom. The third kappa shape index (κ3) is 4.28. The summed E-state index contributed by atoms with van der Waals surface area (Å²) < 4.78 is 7.54. The van der Waals surface area contributed by atoms with Crippen molar-refractivity contribution in [1.29, 1.82) is 0 Å². The van der Waals surface area contributed by atoms with Crippen LogP contribution in [0.15, 0.2) is 140 Å². The predicted molar refractivity (Wildman–Crippen MR) is 212 cm³/mol. The second-order valence-electron chi connectivity index (χ2n) is 12.4. The molecule has 0 atom stereocenters. The molecule has 0 spiro atoms. The van der Waals surface area contributed by atoms with Crippen LogP contribution in [0, 0.1) is 0 Å². The Bertz CT molecular complexity index is 3000. The summed E-state index contributed by atoms with van der Waals surface area (Å²) in [6.45, 7) is 0. The van der Waals surface area contributed by atoms with Crippen LogP contribution in [0.1, 0.15) is 0 Å². The van der Waals surface area contributed by atoms with Gasteiger partial charge in [0.1, 0.15) is 0 Å². The van der Waals surface area contributed by atoms with Gasteiger partial charge in [-0.3, -0.25) is 0 Å². The Kier molecular flexibility index (Phi) is 5.87. The average Bonchev–Trinajstić information content (AvgIpc) is 3.84. The van der Waals surface area contributed by atoms with E-state index < -0.39 is 0 Å². The van der Waals surface area contributed by atoms with E-state index in [1.807, 2.05) is 34.0 Å². The number of thiophene rings is 3. The minimum absolute atomic E-state index is 0.678. The van der Waals surface area contributed by atoms with Gasteiger partial charge in [-0.2, -0.15) is 0 Å². The highest BCUT2D eigenvalue weighted by Gasteiger charge is 2.17. The van der Waals surface area contributed by atoms with Crippen molar-refractivity contribution in [2.24, 2.45) is 0 Å². The van der Waals surface area contributed by atoms with Crippen LogP contribution in [0.4, 0.5) is 0 Å². The van der Waals surface area contributed by atoms with Crippen LogP contribution in [0.5, 0.6) is 0 Å². The average molecular weight is 678 g/mol. The third-order valence-corrected chi connectivity index (χ3v) is 12.9. The maximum absolute atomic E-state index is 5.16. The van der Waals surface area contributed by atoms with Crippen molar-refractivity contribution in [3.8, 4) is 34.2 Å². The van der Waals surface area contributed by atoms with E-state index in [1.165, 1.54) is 71.3 Å². The van der Waals surface area contributed by atoms with Crippen LogP contribution >= 0.6 is 34.0 Å². The molecule has 0 aliphatic rings. The second-order valence-corrected chi connectivity index (χ2v) is 15.6. The fraction of sp³-hybridized carbons (Fsp3) is 0. The van der Waals surface area contributed by atoms with Crippen molar-refractivity contribution in [2.45, 2.75) is 0 Å². The van der Waals surface area contributed by atoms with Crippen LogP contribution in [0.25, 0.3) is 105 Å². The summed E-state index contributed by atoms with van der Waals surface area (Å²) in [6, 6.07) is 50.2. The van der Waals surface area contributed by atoms with Crippen LogP contribution in [-0.2, 0) is 0 Å². The van der Waals surface area contributed by atoms with Crippen LogP contribution in [0.2, 0.25) is 0 Å². The molecule has 0 aliphatic carbocycles. The topological polar surface area (TPSA) is 38.7 Å². The summed E-state index contributed by atoms with van der Waals surface area (Å²) in [5, 5.41) is 10.2. The van der Waals surface area contributed by atoms with Gasteiger partial charge in [0.15, 0.2) is 17.5 Å². The number of fused-ring (bicyclic) bond motifs is 11. The molecule has 0 aliphatic heterocycles. The molecule has 228 valence electrons. The lowest BCUT2D eigenvalue weighted by atomic mass is 10.0. The summed E-state index contributed by atoms with van der Waals surface area (Å²) in [6.07, 6.45) is 0. The SMILES string of the molecule is c1ccc2c(c1)ccc1sc3cc(-c4nc(-c5ccc6c(c5)sc5ccccc56)nc(-c5ccc6c(c5)sc5ccccc56)n4)ccc3c12. The highest BCUT2D eigenvalue weighted by atomic mass is 32.1. The molecule has 11 rings (SSSR count). The lowest BCUT2D eigenvalue weighted by Gasteiger charge is -2.09. The molecule has 7 aromatic carbocycles. The van der Waals surface area contributed by atoms with Gasteiger partial charge in [-0.05, 0) is 47.2 Å². The Hall–Kier alpha value is -5.53. The van der Waals surface area contributed by atoms with E-state index in [4.69, 9.17) is 15.0 Å². The first-order chi connectivity index (χ1) is 24.2. The smallest absolute Gasteiger partial charge is 0.164 e. The zero-order chi connectivity index (χ0) is 32.1. The molecule has 0 N–H and O–H groups in total. The highest BCUT2D eigenvalue weighted by Crippen LogP contribution is 2.41. The standard InChI is InChI=1S/C43H23N3S3/c1-2-8-28-24(7-1)16-20-36-40(28)33-19-15-27(23-39(33)49-36)43-45-41(25-13-17-31-29-9-3-5-11-34(29)47-37(31)21-25)44-42(46-43)26-14-18-32-30-10-4-6-12-35(30)48-38(32)22-26/h1-23H. The number of benzene rings is 7. The van der Waals surface area contributed by atoms with Gasteiger partial charge in [-0.25, -0.2) is 15.0 Å². The molecule has 11 aromatic rings. The first-order valence-corrected chi connectivity index (χ1v) is 18.6. The van der Waals surface area contributed by atoms with Gasteiger partial charge < -0.3 is 0 Å². The third-order valence-electron chi connectivity index (χ3n) is 9.53. The zero-order valence-electron chi connectivity index (χ0n) is 25.8. The van der Waals surface area contributed by atoms with Gasteiger partial charge in [0.05, 0.1) is 0 Å². The molecule has 0 unspecified atom stereocenters. The molecule has 0 fully saturated rings. The fourth-order valence-corrected chi connectivity index (χ4v) is 10.6. The molecule has 0 radical (unpaired) electrons. The lowest BCUT2D eigenvalue weighted by molar-refractivity contribution is 1.08. The lowest BCUT2D eigenvalue weighted by Crippen LogP contribution is -2.00. The Morgan fingerprint density at radius 1 is 0.306 bits per heavy atom. The number of hydrogen-bond donors (Lipinski definition) is 0. The summed E-state index contributed by atoms with van der Waals surface area (Å²) in [4.78, 5) is 15.5. The summed E-state index contributed by atoms with van der Waals surface area (Å²) in [7, 11) is 0. The van der Waals surface area contributed by atoms with Crippen molar-refractivity contribution >= 4 is 105 Å². The zero-order valence-corrected chi connectivity index (χ0v) is 28.3. The molecule has 4 heterocycles. The van der Waals surface area contributed by atoms with E-state index in [-0.39, 0.29) is 0 Å². The first kappa shape index (κ1) is 27.4. The van der Waals surface area contributed by atoms with Crippen molar-refractivity contribution in [3.05, 3.63) is 140 Å². The van der Waals surface area contributed by atoms with Crippen LogP contribution in [-0.4, -0.2) is 15.0 Å². The van der Waals surface area contributed by atoms with Gasteiger partial charge in [-0.15, -0.1) is 34.0 Å². The number of rotatable bonds is 3. The molecule has 0 bridgehead atoms. The van der Waals surface area contributed by atoms with E-state index >= 15 is 0 Å². The van der Waals surface area contributed by atoms with Gasteiger partial charge in [-0.1, -0.05) is 103 Å². The van der Waals surface area contributed by atoms with E-state index in [0.717, 1.165) is 16.7 Å². The maximum Gasteiger partial charge on any atom is 0.164 e. The van der Waals surface area contributed by atoms with Crippen molar-refractivity contribution in [1.82, 2.24) is 15.0 Å². The summed E-state index contributed by atoms with van der Waals surface area (Å²) in [5.41, 5.74) is 2.96. The highest BCUT2D eigenvalue weighted by molar-refractivity contribution is 7.26. The van der Waals surface area contributed by atoms with Crippen LogP contribution < -0.4 is 0 Å². The van der Waals surface area contributed by atoms with Gasteiger partial charge in [0, 0.05) is 77.2 Å². The van der Waals surface area contributed by atoms with Crippen LogP contribution in [0.3, 0.4) is 0 Å². The summed E-state index contributed by atoms with van der Waals surface area (Å²) in [5.74, 6) is 2.04. The molecule has 6 heteroatoms. The van der Waals surface area contributed by atoms with Crippen molar-refractivity contribution < 1.29 is 0 Å². The fourth-order valence-electron chi connectivity index (χ4n) is 7.18. The Balaban J connectivity index is 1.12. The van der Waals surface area contributed by atoms with Crippen molar-refractivity contribution in [2.75, 3.05) is 0 Å². The molecule has 0 amide bonds. The van der Waals surface area contributed by atoms with Gasteiger partial charge in [0.2, 0.25) is 0 Å². The Morgan fingerprint density at radius 3 is 1.31 bits per heavy atom. The minimum Gasteiger partial charge on any atom is -0.208 e. The minimum atomic E-state index is 0.678. The van der Waals surface area contributed by atoms with E-state index in [1.54, 1.807) is 0 Å². The van der Waals surface area contributed by atoms with Crippen molar-refractivity contribution in [3.63, 3.8) is 0 Å². The molecule has 49 heavy (non-hydrogen) atoms. The quantitative estimate of drug-likeness (QED) is 0.187. The van der Waals surface area contributed by atoms with Gasteiger partial charge in [0.25, 0.3) is 0 Å². The normalized spacial score (nSPS) is 12.1. The Labute approximate surface area is 292 Å². The molecular formula is C43H23N3S3. The number of hydrogen-bond acceptors (Lipinski definition) is 6.